The number of benzene rings is 2. The standard InChI is InChI=1S/C23H17Cl2N5O3S/c24-18-4-1-5-19(20(18)25)34(31,32)29-15-6-8-16(9-7-15)30-21(26)17-10-12-33-23(17)28-22(30)14-3-2-11-27-13-14/h1-13,22,26,28-29H. The lowest BCUT2D eigenvalue weighted by molar-refractivity contribution is 0.564. The molecule has 0 radical (unpaired) electrons. The van der Waals surface area contributed by atoms with Crippen LogP contribution in [0.5, 0.6) is 0 Å². The number of anilines is 3. The number of halogens is 2. The number of furan rings is 1. The van der Waals surface area contributed by atoms with Crippen molar-refractivity contribution in [2.45, 2.75) is 11.1 Å². The maximum atomic E-state index is 12.8. The fraction of sp³-hybridized carbons (Fsp3) is 0.0435. The molecule has 3 N–H and O–H groups in total. The Morgan fingerprint density at radius 2 is 1.85 bits per heavy atom. The lowest BCUT2D eigenvalue weighted by atomic mass is 10.1. The van der Waals surface area contributed by atoms with Gasteiger partial charge in [0.15, 0.2) is 0 Å². The SMILES string of the molecule is N=C1c2ccoc2NC(c2cccnc2)N1c1ccc(NS(=O)(=O)c2cccc(Cl)c2Cl)cc1. The molecule has 1 atom stereocenters. The first-order valence-corrected chi connectivity index (χ1v) is 12.3. The highest BCUT2D eigenvalue weighted by atomic mass is 35.5. The molecule has 2 aromatic heterocycles. The van der Waals surface area contributed by atoms with Crippen molar-refractivity contribution in [2.24, 2.45) is 0 Å². The van der Waals surface area contributed by atoms with Gasteiger partial charge in [0.25, 0.3) is 10.0 Å². The molecule has 11 heteroatoms. The van der Waals surface area contributed by atoms with Crippen LogP contribution in [0.15, 0.2) is 88.6 Å². The van der Waals surface area contributed by atoms with Crippen LogP contribution in [0, 0.1) is 5.41 Å². The maximum Gasteiger partial charge on any atom is 0.263 e. The fourth-order valence-electron chi connectivity index (χ4n) is 3.70. The molecule has 0 saturated carbocycles. The first kappa shape index (κ1) is 22.3. The zero-order valence-electron chi connectivity index (χ0n) is 17.4. The van der Waals surface area contributed by atoms with E-state index in [0.717, 1.165) is 5.56 Å². The Bertz CT molecular complexity index is 1470. The predicted octanol–water partition coefficient (Wildman–Crippen LogP) is 5.74. The van der Waals surface area contributed by atoms with Crippen molar-refractivity contribution in [1.82, 2.24) is 4.98 Å². The molecule has 8 nitrogen and oxygen atoms in total. The Morgan fingerprint density at radius 3 is 2.59 bits per heavy atom. The molecule has 3 heterocycles. The highest BCUT2D eigenvalue weighted by Crippen LogP contribution is 2.37. The molecule has 1 aliphatic heterocycles. The van der Waals surface area contributed by atoms with E-state index in [2.05, 4.69) is 15.0 Å². The highest BCUT2D eigenvalue weighted by Gasteiger charge is 2.33. The molecule has 0 spiro atoms. The Hall–Kier alpha value is -3.53. The van der Waals surface area contributed by atoms with E-state index in [0.29, 0.717) is 22.8 Å². The summed E-state index contributed by atoms with van der Waals surface area (Å²) in [7, 11) is -3.96. The van der Waals surface area contributed by atoms with Crippen LogP contribution >= 0.6 is 23.2 Å². The van der Waals surface area contributed by atoms with Crippen LogP contribution in [-0.2, 0) is 10.0 Å². The molecule has 2 aromatic carbocycles. The number of nitrogens with zero attached hydrogens (tertiary/aromatic N) is 2. The van der Waals surface area contributed by atoms with E-state index in [1.54, 1.807) is 47.6 Å². The monoisotopic (exact) mass is 513 g/mol. The van der Waals surface area contributed by atoms with Crippen LogP contribution in [0.3, 0.4) is 0 Å². The number of hydrogen-bond donors (Lipinski definition) is 3. The maximum absolute atomic E-state index is 12.8. The summed E-state index contributed by atoms with van der Waals surface area (Å²) in [6.07, 6.45) is 4.46. The first-order valence-electron chi connectivity index (χ1n) is 10.0. The molecule has 0 amide bonds. The van der Waals surface area contributed by atoms with E-state index in [9.17, 15) is 8.42 Å². The van der Waals surface area contributed by atoms with Gasteiger partial charge in [-0.2, -0.15) is 0 Å². The molecule has 0 fully saturated rings. The minimum absolute atomic E-state index is 0.0450. The van der Waals surface area contributed by atoms with Gasteiger partial charge in [-0.15, -0.1) is 0 Å². The second kappa shape index (κ2) is 8.68. The van der Waals surface area contributed by atoms with E-state index in [1.807, 2.05) is 12.1 Å². The molecule has 0 aliphatic carbocycles. The van der Waals surface area contributed by atoms with E-state index >= 15 is 0 Å². The summed E-state index contributed by atoms with van der Waals surface area (Å²) < 4.78 is 33.7. The van der Waals surface area contributed by atoms with Crippen molar-refractivity contribution < 1.29 is 12.8 Å². The van der Waals surface area contributed by atoms with E-state index in [4.69, 9.17) is 33.0 Å². The van der Waals surface area contributed by atoms with Crippen molar-refractivity contribution in [1.29, 1.82) is 5.41 Å². The summed E-state index contributed by atoms with van der Waals surface area (Å²) in [6.45, 7) is 0. The van der Waals surface area contributed by atoms with E-state index < -0.39 is 16.2 Å². The number of fused-ring (bicyclic) bond motifs is 1. The Morgan fingerprint density at radius 1 is 1.06 bits per heavy atom. The average Bonchev–Trinajstić information content (AvgIpc) is 3.31. The van der Waals surface area contributed by atoms with Gasteiger partial charge in [0.2, 0.25) is 5.88 Å². The molecule has 34 heavy (non-hydrogen) atoms. The molecule has 4 aromatic rings. The topological polar surface area (TPSA) is 111 Å². The number of rotatable bonds is 5. The Balaban J connectivity index is 1.47. The van der Waals surface area contributed by atoms with Crippen LogP contribution in [0.4, 0.5) is 17.3 Å². The number of sulfonamides is 1. The highest BCUT2D eigenvalue weighted by molar-refractivity contribution is 7.92. The van der Waals surface area contributed by atoms with Crippen molar-refractivity contribution in [3.8, 4) is 0 Å². The third-order valence-electron chi connectivity index (χ3n) is 5.29. The van der Waals surface area contributed by atoms with Crippen LogP contribution in [-0.4, -0.2) is 19.2 Å². The summed E-state index contributed by atoms with van der Waals surface area (Å²) in [5.74, 6) is 0.730. The second-order valence-electron chi connectivity index (χ2n) is 7.42. The molecule has 1 unspecified atom stereocenters. The zero-order chi connectivity index (χ0) is 23.9. The third-order valence-corrected chi connectivity index (χ3v) is 7.65. The number of pyridine rings is 1. The number of nitrogens with one attached hydrogen (secondary N) is 3. The van der Waals surface area contributed by atoms with Gasteiger partial charge in [-0.3, -0.25) is 15.1 Å². The van der Waals surface area contributed by atoms with Gasteiger partial charge < -0.3 is 14.6 Å². The molecule has 0 bridgehead atoms. The predicted molar refractivity (Wildman–Crippen MR) is 132 cm³/mol. The van der Waals surface area contributed by atoms with E-state index in [-0.39, 0.29) is 20.8 Å². The fourth-order valence-corrected chi connectivity index (χ4v) is 5.52. The van der Waals surface area contributed by atoms with Gasteiger partial charge in [-0.1, -0.05) is 35.3 Å². The summed E-state index contributed by atoms with van der Waals surface area (Å²) in [5, 5.41) is 12.2. The summed E-state index contributed by atoms with van der Waals surface area (Å²) in [4.78, 5) is 5.85. The third kappa shape index (κ3) is 3.98. The van der Waals surface area contributed by atoms with Crippen LogP contribution < -0.4 is 14.9 Å². The average molecular weight is 514 g/mol. The van der Waals surface area contributed by atoms with Gasteiger partial charge in [0.1, 0.15) is 16.9 Å². The van der Waals surface area contributed by atoms with Crippen LogP contribution in [0.1, 0.15) is 17.3 Å². The quantitative estimate of drug-likeness (QED) is 0.313. The van der Waals surface area contributed by atoms with Gasteiger partial charge in [0.05, 0.1) is 21.9 Å². The van der Waals surface area contributed by atoms with Crippen LogP contribution in [0.25, 0.3) is 0 Å². The minimum atomic E-state index is -3.96. The summed E-state index contributed by atoms with van der Waals surface area (Å²) in [5.41, 5.74) is 2.44. The molecule has 1 aliphatic rings. The lowest BCUT2D eigenvalue weighted by Crippen LogP contribution is -2.42. The Labute approximate surface area is 205 Å². The van der Waals surface area contributed by atoms with Crippen molar-refractivity contribution in [3.05, 3.63) is 100 Å². The van der Waals surface area contributed by atoms with Gasteiger partial charge in [-0.25, -0.2) is 8.42 Å². The molecule has 172 valence electrons. The second-order valence-corrected chi connectivity index (χ2v) is 9.86. The zero-order valence-corrected chi connectivity index (χ0v) is 19.7. The number of amidine groups is 1. The molecule has 0 saturated heterocycles. The van der Waals surface area contributed by atoms with Gasteiger partial charge >= 0.3 is 0 Å². The number of aromatic nitrogens is 1. The molecular formula is C23H17Cl2N5O3S. The van der Waals surface area contributed by atoms with Gasteiger partial charge in [-0.05, 0) is 48.5 Å². The van der Waals surface area contributed by atoms with Crippen LogP contribution in [0.2, 0.25) is 10.0 Å². The van der Waals surface area contributed by atoms with E-state index in [1.165, 1.54) is 24.5 Å². The smallest absolute Gasteiger partial charge is 0.263 e. The lowest BCUT2D eigenvalue weighted by Gasteiger charge is -2.37. The normalized spacial score (nSPS) is 15.5. The minimum Gasteiger partial charge on any atom is -0.448 e. The van der Waals surface area contributed by atoms with Crippen molar-refractivity contribution >= 4 is 56.3 Å². The van der Waals surface area contributed by atoms with Crippen molar-refractivity contribution in [2.75, 3.05) is 14.9 Å². The van der Waals surface area contributed by atoms with Gasteiger partial charge in [0, 0.05) is 29.3 Å². The largest absolute Gasteiger partial charge is 0.448 e. The molecule has 5 rings (SSSR count). The summed E-state index contributed by atoms with van der Waals surface area (Å²) >= 11 is 12.1. The Kier molecular flexibility index (Phi) is 5.68. The molecular weight excluding hydrogens is 497 g/mol. The number of hydrogen-bond acceptors (Lipinski definition) is 6. The van der Waals surface area contributed by atoms with Crippen molar-refractivity contribution in [3.63, 3.8) is 0 Å². The summed E-state index contributed by atoms with van der Waals surface area (Å²) in [6, 6.07) is 16.5. The first-order chi connectivity index (χ1) is 16.3.